The second-order valence-corrected chi connectivity index (χ2v) is 9.52. The van der Waals surface area contributed by atoms with Crippen LogP contribution in [0.4, 0.5) is 14.9 Å². The molecule has 5 nitrogen and oxygen atoms in total. The Morgan fingerprint density at radius 2 is 1.58 bits per heavy atom. The molecule has 3 amide bonds. The zero-order chi connectivity index (χ0) is 23.4. The number of benzene rings is 3. The molecule has 3 aromatic rings. The monoisotopic (exact) mass is 498 g/mol. The van der Waals surface area contributed by atoms with E-state index in [-0.39, 0.29) is 4.91 Å². The zero-order valence-electron chi connectivity index (χ0n) is 17.0. The van der Waals surface area contributed by atoms with Gasteiger partial charge in [0.2, 0.25) is 5.91 Å². The number of thioether (sulfide) groups is 1. The van der Waals surface area contributed by atoms with E-state index in [1.165, 1.54) is 24.3 Å². The van der Waals surface area contributed by atoms with Crippen LogP contribution in [0.15, 0.2) is 87.5 Å². The van der Waals surface area contributed by atoms with E-state index in [1.54, 1.807) is 17.8 Å². The molecule has 0 radical (unpaired) electrons. The average molecular weight is 499 g/mol. The molecule has 1 heterocycles. The zero-order valence-corrected chi connectivity index (χ0v) is 19.3. The molecule has 1 saturated heterocycles. The van der Waals surface area contributed by atoms with Crippen LogP contribution >= 0.6 is 35.1 Å². The highest BCUT2D eigenvalue weighted by Gasteiger charge is 2.36. The SMILES string of the molecule is O=C(CN1C(=O)S/C(=C\c2ccc(Sc3ccc(Cl)cc3)cc2)C1=O)Nc1ccc(F)cc1. The Morgan fingerprint density at radius 3 is 2.21 bits per heavy atom. The predicted molar refractivity (Wildman–Crippen MR) is 130 cm³/mol. The summed E-state index contributed by atoms with van der Waals surface area (Å²) in [7, 11) is 0. The number of nitrogens with one attached hydrogen (secondary N) is 1. The van der Waals surface area contributed by atoms with Gasteiger partial charge in [0, 0.05) is 20.5 Å². The number of hydrogen-bond donors (Lipinski definition) is 1. The number of carbonyl (C=O) groups excluding carboxylic acids is 3. The van der Waals surface area contributed by atoms with E-state index in [4.69, 9.17) is 11.6 Å². The average Bonchev–Trinajstić information content (AvgIpc) is 3.05. The van der Waals surface area contributed by atoms with Crippen molar-refractivity contribution in [2.45, 2.75) is 9.79 Å². The first kappa shape index (κ1) is 23.1. The van der Waals surface area contributed by atoms with Crippen molar-refractivity contribution in [2.24, 2.45) is 0 Å². The van der Waals surface area contributed by atoms with Crippen molar-refractivity contribution in [3.05, 3.63) is 94.1 Å². The van der Waals surface area contributed by atoms with Crippen LogP contribution < -0.4 is 5.32 Å². The highest BCUT2D eigenvalue weighted by Crippen LogP contribution is 2.33. The van der Waals surface area contributed by atoms with Gasteiger partial charge in [0.05, 0.1) is 4.91 Å². The molecule has 4 rings (SSSR count). The van der Waals surface area contributed by atoms with E-state index in [2.05, 4.69) is 5.32 Å². The van der Waals surface area contributed by atoms with Crippen LogP contribution in [0.2, 0.25) is 5.02 Å². The largest absolute Gasteiger partial charge is 0.325 e. The molecular formula is C24H16ClFN2O3S2. The summed E-state index contributed by atoms with van der Waals surface area (Å²) >= 11 is 8.28. The highest BCUT2D eigenvalue weighted by molar-refractivity contribution is 8.18. The maximum atomic E-state index is 13.0. The smallest absolute Gasteiger partial charge is 0.294 e. The molecule has 0 saturated carbocycles. The summed E-state index contributed by atoms with van der Waals surface area (Å²) in [4.78, 5) is 40.4. The highest BCUT2D eigenvalue weighted by atomic mass is 35.5. The quantitative estimate of drug-likeness (QED) is 0.404. The van der Waals surface area contributed by atoms with Crippen molar-refractivity contribution in [1.29, 1.82) is 0 Å². The van der Waals surface area contributed by atoms with Gasteiger partial charge in [-0.3, -0.25) is 19.3 Å². The van der Waals surface area contributed by atoms with Gasteiger partial charge in [0.25, 0.3) is 11.1 Å². The molecule has 3 aromatic carbocycles. The fourth-order valence-electron chi connectivity index (χ4n) is 2.94. The van der Waals surface area contributed by atoms with Gasteiger partial charge in [-0.25, -0.2) is 4.39 Å². The van der Waals surface area contributed by atoms with Crippen LogP contribution in [0.1, 0.15) is 5.56 Å². The summed E-state index contributed by atoms with van der Waals surface area (Å²) in [6, 6.07) is 20.3. The fraction of sp³-hybridized carbons (Fsp3) is 0.0417. The van der Waals surface area contributed by atoms with Gasteiger partial charge in [-0.05, 0) is 84.1 Å². The van der Waals surface area contributed by atoms with E-state index < -0.39 is 29.4 Å². The van der Waals surface area contributed by atoms with Gasteiger partial charge in [0.1, 0.15) is 12.4 Å². The van der Waals surface area contributed by atoms with Crippen molar-refractivity contribution >= 4 is 63.9 Å². The molecule has 0 unspecified atom stereocenters. The first-order chi connectivity index (χ1) is 15.9. The van der Waals surface area contributed by atoms with Crippen LogP contribution in [0.3, 0.4) is 0 Å². The minimum absolute atomic E-state index is 0.243. The number of carbonyl (C=O) groups is 3. The summed E-state index contributed by atoms with van der Waals surface area (Å²) < 4.78 is 13.0. The first-order valence-electron chi connectivity index (χ1n) is 9.72. The van der Waals surface area contributed by atoms with Gasteiger partial charge >= 0.3 is 0 Å². The summed E-state index contributed by atoms with van der Waals surface area (Å²) in [6.07, 6.45) is 1.62. The molecule has 0 spiro atoms. The minimum Gasteiger partial charge on any atom is -0.325 e. The molecule has 1 N–H and O–H groups in total. The molecule has 1 fully saturated rings. The number of hydrogen-bond acceptors (Lipinski definition) is 5. The first-order valence-corrected chi connectivity index (χ1v) is 11.7. The van der Waals surface area contributed by atoms with Crippen LogP contribution in [-0.4, -0.2) is 28.5 Å². The normalized spacial score (nSPS) is 14.7. The molecule has 0 aromatic heterocycles. The molecular weight excluding hydrogens is 483 g/mol. The second-order valence-electron chi connectivity index (χ2n) is 6.95. The molecule has 1 aliphatic rings. The van der Waals surface area contributed by atoms with Crippen LogP contribution in [0.5, 0.6) is 0 Å². The topological polar surface area (TPSA) is 66.5 Å². The van der Waals surface area contributed by atoms with Gasteiger partial charge in [-0.15, -0.1) is 0 Å². The van der Waals surface area contributed by atoms with Crippen molar-refractivity contribution in [1.82, 2.24) is 4.90 Å². The Bertz CT molecular complexity index is 1230. The summed E-state index contributed by atoms with van der Waals surface area (Å²) in [5.74, 6) is -1.51. The Labute approximate surface area is 203 Å². The lowest BCUT2D eigenvalue weighted by atomic mass is 10.2. The van der Waals surface area contributed by atoms with Gasteiger partial charge < -0.3 is 5.32 Å². The van der Waals surface area contributed by atoms with Crippen molar-refractivity contribution in [3.8, 4) is 0 Å². The molecule has 1 aliphatic heterocycles. The van der Waals surface area contributed by atoms with Gasteiger partial charge in [0.15, 0.2) is 0 Å². The third-order valence-electron chi connectivity index (χ3n) is 4.53. The summed E-state index contributed by atoms with van der Waals surface area (Å²) in [6.45, 7) is -0.421. The number of halogens is 2. The van der Waals surface area contributed by atoms with Crippen molar-refractivity contribution < 1.29 is 18.8 Å². The minimum atomic E-state index is -0.547. The molecule has 166 valence electrons. The lowest BCUT2D eigenvalue weighted by Gasteiger charge is -2.12. The fourth-order valence-corrected chi connectivity index (χ4v) is 4.72. The Kier molecular flexibility index (Phi) is 7.17. The molecule has 9 heteroatoms. The summed E-state index contributed by atoms with van der Waals surface area (Å²) in [5, 5.41) is 2.70. The maximum absolute atomic E-state index is 13.0. The lowest BCUT2D eigenvalue weighted by molar-refractivity contribution is -0.127. The molecule has 0 bridgehead atoms. The van der Waals surface area contributed by atoms with Crippen LogP contribution in [0.25, 0.3) is 6.08 Å². The molecule has 0 atom stereocenters. The number of rotatable bonds is 6. The number of anilines is 1. The maximum Gasteiger partial charge on any atom is 0.294 e. The van der Waals surface area contributed by atoms with Gasteiger partial charge in [-0.1, -0.05) is 35.5 Å². The Morgan fingerprint density at radius 1 is 0.970 bits per heavy atom. The Hall–Kier alpha value is -3.07. The third-order valence-corrected chi connectivity index (χ3v) is 6.71. The number of amides is 3. The summed E-state index contributed by atoms with van der Waals surface area (Å²) in [5.41, 5.74) is 1.14. The number of imide groups is 1. The van der Waals surface area contributed by atoms with E-state index in [0.717, 1.165) is 32.0 Å². The second kappa shape index (κ2) is 10.2. The standard InChI is InChI=1S/C24H16ClFN2O3S2/c25-16-3-11-20(12-4-16)32-19-9-1-15(2-10-19)13-21-23(30)28(24(31)33-21)14-22(29)27-18-7-5-17(26)6-8-18/h1-13H,14H2,(H,27,29)/b21-13-. The van der Waals surface area contributed by atoms with Crippen molar-refractivity contribution in [3.63, 3.8) is 0 Å². The third kappa shape index (κ3) is 6.04. The van der Waals surface area contributed by atoms with E-state index >= 15 is 0 Å². The van der Waals surface area contributed by atoms with E-state index in [0.29, 0.717) is 10.7 Å². The van der Waals surface area contributed by atoms with E-state index in [1.807, 2.05) is 48.5 Å². The number of nitrogens with zero attached hydrogens (tertiary/aromatic N) is 1. The van der Waals surface area contributed by atoms with E-state index in [9.17, 15) is 18.8 Å². The van der Waals surface area contributed by atoms with Gasteiger partial charge in [-0.2, -0.15) is 0 Å². The molecule has 0 aliphatic carbocycles. The predicted octanol–water partition coefficient (Wildman–Crippen LogP) is 6.31. The van der Waals surface area contributed by atoms with Crippen LogP contribution in [0, 0.1) is 5.82 Å². The van der Waals surface area contributed by atoms with Crippen LogP contribution in [-0.2, 0) is 9.59 Å². The lowest BCUT2D eigenvalue weighted by Crippen LogP contribution is -2.36. The van der Waals surface area contributed by atoms with Crippen molar-refractivity contribution in [2.75, 3.05) is 11.9 Å². The molecule has 33 heavy (non-hydrogen) atoms. The Balaban J connectivity index is 1.39.